The van der Waals surface area contributed by atoms with Crippen LogP contribution in [-0.2, 0) is 0 Å². The zero-order chi connectivity index (χ0) is 15.6. The van der Waals surface area contributed by atoms with Gasteiger partial charge in [-0.2, -0.15) is 0 Å². The van der Waals surface area contributed by atoms with Crippen LogP contribution in [-0.4, -0.2) is 23.9 Å². The van der Waals surface area contributed by atoms with Crippen molar-refractivity contribution in [1.82, 2.24) is 4.90 Å². The Morgan fingerprint density at radius 1 is 1.19 bits per heavy atom. The third kappa shape index (κ3) is 4.32. The van der Waals surface area contributed by atoms with E-state index >= 15 is 0 Å². The Kier molecular flexibility index (Phi) is 5.53. The lowest BCUT2D eigenvalue weighted by Gasteiger charge is -2.29. The van der Waals surface area contributed by atoms with Crippen LogP contribution in [0.25, 0.3) is 0 Å². The fourth-order valence-corrected chi connectivity index (χ4v) is 3.77. The molecule has 1 aromatic rings. The number of likely N-dealkylation sites (tertiary alicyclic amines) is 1. The molecule has 2 rings (SSSR count). The first-order valence-corrected chi connectivity index (χ1v) is 9.12. The van der Waals surface area contributed by atoms with Crippen molar-refractivity contribution in [2.24, 2.45) is 11.3 Å². The molecule has 1 saturated heterocycles. The van der Waals surface area contributed by atoms with E-state index in [1.165, 1.54) is 6.42 Å². The summed E-state index contributed by atoms with van der Waals surface area (Å²) in [5.74, 6) is 0.832. The molecule has 0 bridgehead atoms. The number of carbonyl (C=O) groups is 1. The molecule has 4 heteroatoms. The van der Waals surface area contributed by atoms with E-state index in [1.54, 1.807) is 0 Å². The van der Waals surface area contributed by atoms with Crippen molar-refractivity contribution in [3.05, 3.63) is 32.7 Å². The summed E-state index contributed by atoms with van der Waals surface area (Å²) >= 11 is 6.94. The highest BCUT2D eigenvalue weighted by Crippen LogP contribution is 2.34. The van der Waals surface area contributed by atoms with Crippen LogP contribution in [0.5, 0.6) is 0 Å². The molecule has 1 amide bonds. The molecule has 0 saturated carbocycles. The molecule has 21 heavy (non-hydrogen) atoms. The maximum absolute atomic E-state index is 12.8. The molecular formula is C17H23Br2NO. The van der Waals surface area contributed by atoms with E-state index in [2.05, 4.69) is 52.6 Å². The van der Waals surface area contributed by atoms with Gasteiger partial charge in [-0.3, -0.25) is 4.79 Å². The molecule has 0 aromatic heterocycles. The summed E-state index contributed by atoms with van der Waals surface area (Å²) in [5, 5.41) is 0. The van der Waals surface area contributed by atoms with Gasteiger partial charge in [0.2, 0.25) is 0 Å². The van der Waals surface area contributed by atoms with Crippen LogP contribution in [0.3, 0.4) is 0 Å². The van der Waals surface area contributed by atoms with Crippen molar-refractivity contribution < 1.29 is 4.79 Å². The molecule has 0 aliphatic carbocycles. The number of carbonyl (C=O) groups excluding carboxylic acids is 1. The SMILES string of the molecule is CC(C)(C)C1CCCN(C(=O)c2cc(Br)ccc2Br)CC1. The van der Waals surface area contributed by atoms with Gasteiger partial charge in [0.1, 0.15) is 0 Å². The summed E-state index contributed by atoms with van der Waals surface area (Å²) in [4.78, 5) is 14.8. The zero-order valence-corrected chi connectivity index (χ0v) is 16.1. The van der Waals surface area contributed by atoms with E-state index in [1.807, 2.05) is 23.1 Å². The van der Waals surface area contributed by atoms with Gasteiger partial charge in [-0.1, -0.05) is 36.7 Å². The average molecular weight is 417 g/mol. The minimum atomic E-state index is 0.137. The first-order chi connectivity index (χ1) is 9.79. The van der Waals surface area contributed by atoms with Crippen LogP contribution in [0.1, 0.15) is 50.4 Å². The highest BCUT2D eigenvalue weighted by Gasteiger charge is 2.29. The predicted octanol–water partition coefficient (Wildman–Crippen LogP) is 5.50. The molecule has 1 aliphatic heterocycles. The maximum atomic E-state index is 12.8. The molecule has 1 atom stereocenters. The zero-order valence-electron chi connectivity index (χ0n) is 13.0. The molecule has 1 aliphatic rings. The first kappa shape index (κ1) is 17.0. The van der Waals surface area contributed by atoms with Gasteiger partial charge in [0.15, 0.2) is 0 Å². The van der Waals surface area contributed by atoms with Crippen LogP contribution in [0, 0.1) is 11.3 Å². The standard InChI is InChI=1S/C17H23Br2NO/c1-17(2,3)12-5-4-9-20(10-8-12)16(21)14-11-13(18)6-7-15(14)19/h6-7,11-12H,4-5,8-10H2,1-3H3. The van der Waals surface area contributed by atoms with E-state index in [0.29, 0.717) is 11.3 Å². The third-order valence-electron chi connectivity index (χ3n) is 4.40. The lowest BCUT2D eigenvalue weighted by atomic mass is 9.77. The number of halogens is 2. The second kappa shape index (κ2) is 6.82. The largest absolute Gasteiger partial charge is 0.339 e. The van der Waals surface area contributed by atoms with Crippen LogP contribution in [0.4, 0.5) is 0 Å². The van der Waals surface area contributed by atoms with Crippen molar-refractivity contribution in [2.75, 3.05) is 13.1 Å². The van der Waals surface area contributed by atoms with Gasteiger partial charge in [0, 0.05) is 22.0 Å². The lowest BCUT2D eigenvalue weighted by molar-refractivity contribution is 0.0754. The number of rotatable bonds is 1. The van der Waals surface area contributed by atoms with E-state index in [4.69, 9.17) is 0 Å². The molecule has 0 N–H and O–H groups in total. The summed E-state index contributed by atoms with van der Waals surface area (Å²) in [6.45, 7) is 8.64. The first-order valence-electron chi connectivity index (χ1n) is 7.53. The summed E-state index contributed by atoms with van der Waals surface area (Å²) in [6.07, 6.45) is 3.41. The number of benzene rings is 1. The van der Waals surface area contributed by atoms with Crippen molar-refractivity contribution in [2.45, 2.75) is 40.0 Å². The molecular weight excluding hydrogens is 394 g/mol. The quantitative estimate of drug-likeness (QED) is 0.591. The highest BCUT2D eigenvalue weighted by molar-refractivity contribution is 9.11. The van der Waals surface area contributed by atoms with Gasteiger partial charge >= 0.3 is 0 Å². The van der Waals surface area contributed by atoms with Gasteiger partial charge < -0.3 is 4.90 Å². The van der Waals surface area contributed by atoms with Gasteiger partial charge in [-0.05, 0) is 64.7 Å². The van der Waals surface area contributed by atoms with Crippen molar-refractivity contribution >= 4 is 37.8 Å². The van der Waals surface area contributed by atoms with Gasteiger partial charge in [-0.15, -0.1) is 0 Å². The summed E-state index contributed by atoms with van der Waals surface area (Å²) in [6, 6.07) is 5.77. The predicted molar refractivity (Wildman–Crippen MR) is 94.5 cm³/mol. The lowest BCUT2D eigenvalue weighted by Crippen LogP contribution is -2.32. The Bertz CT molecular complexity index is 522. The average Bonchev–Trinajstić information content (AvgIpc) is 2.66. The molecule has 1 heterocycles. The second-order valence-corrected chi connectivity index (χ2v) is 8.68. The van der Waals surface area contributed by atoms with Gasteiger partial charge in [-0.25, -0.2) is 0 Å². The molecule has 0 radical (unpaired) electrons. The molecule has 0 spiro atoms. The minimum Gasteiger partial charge on any atom is -0.339 e. The van der Waals surface area contributed by atoms with E-state index in [-0.39, 0.29) is 5.91 Å². The summed E-state index contributed by atoms with van der Waals surface area (Å²) < 4.78 is 1.81. The Labute approximate surface area is 144 Å². The van der Waals surface area contributed by atoms with Crippen molar-refractivity contribution in [1.29, 1.82) is 0 Å². The Morgan fingerprint density at radius 2 is 1.90 bits per heavy atom. The van der Waals surface area contributed by atoms with Gasteiger partial charge in [0.05, 0.1) is 5.56 Å². The maximum Gasteiger partial charge on any atom is 0.255 e. The second-order valence-electron chi connectivity index (χ2n) is 6.91. The smallest absolute Gasteiger partial charge is 0.255 e. The fourth-order valence-electron chi connectivity index (χ4n) is 3.00. The molecule has 116 valence electrons. The van der Waals surface area contributed by atoms with E-state index in [0.717, 1.165) is 40.4 Å². The number of nitrogens with zero attached hydrogens (tertiary/aromatic N) is 1. The van der Waals surface area contributed by atoms with Crippen LogP contribution in [0.15, 0.2) is 27.1 Å². The molecule has 2 nitrogen and oxygen atoms in total. The van der Waals surface area contributed by atoms with Crippen molar-refractivity contribution in [3.63, 3.8) is 0 Å². The summed E-state index contributed by atoms with van der Waals surface area (Å²) in [5.41, 5.74) is 1.08. The van der Waals surface area contributed by atoms with Crippen LogP contribution >= 0.6 is 31.9 Å². The Balaban J connectivity index is 2.12. The van der Waals surface area contributed by atoms with Crippen LogP contribution < -0.4 is 0 Å². The Morgan fingerprint density at radius 3 is 2.57 bits per heavy atom. The van der Waals surface area contributed by atoms with E-state index < -0.39 is 0 Å². The molecule has 1 fully saturated rings. The third-order valence-corrected chi connectivity index (χ3v) is 5.58. The normalized spacial score (nSPS) is 20.2. The number of hydrogen-bond acceptors (Lipinski definition) is 1. The van der Waals surface area contributed by atoms with E-state index in [9.17, 15) is 4.79 Å². The topological polar surface area (TPSA) is 20.3 Å². The molecule has 1 unspecified atom stereocenters. The number of hydrogen-bond donors (Lipinski definition) is 0. The van der Waals surface area contributed by atoms with Crippen LogP contribution in [0.2, 0.25) is 0 Å². The highest BCUT2D eigenvalue weighted by atomic mass is 79.9. The summed E-state index contributed by atoms with van der Waals surface area (Å²) in [7, 11) is 0. The fraction of sp³-hybridized carbons (Fsp3) is 0.588. The van der Waals surface area contributed by atoms with Crippen molar-refractivity contribution in [3.8, 4) is 0 Å². The minimum absolute atomic E-state index is 0.137. The number of amides is 1. The monoisotopic (exact) mass is 415 g/mol. The molecule has 1 aromatic carbocycles. The van der Waals surface area contributed by atoms with Gasteiger partial charge in [0.25, 0.3) is 5.91 Å². The Hall–Kier alpha value is -0.350.